The number of ether oxygens (including phenoxy) is 3. The van der Waals surface area contributed by atoms with Crippen LogP contribution in [-0.2, 0) is 9.53 Å². The summed E-state index contributed by atoms with van der Waals surface area (Å²) < 4.78 is 17.7. The number of hydrogen-bond donors (Lipinski definition) is 0. The second kappa shape index (κ2) is 22.0. The monoisotopic (exact) mass is 692 g/mol. The number of unbranched alkanes of at least 4 members (excludes halogenated alkanes) is 10. The normalized spacial score (nSPS) is 11.9. The minimum Gasteiger partial charge on any atom is -0.494 e. The second-order valence-electron chi connectivity index (χ2n) is 14.0. The highest BCUT2D eigenvalue weighted by atomic mass is 16.5. The van der Waals surface area contributed by atoms with Crippen LogP contribution in [0, 0.1) is 0 Å². The zero-order valence-corrected chi connectivity index (χ0v) is 31.6. The maximum atomic E-state index is 13.1. The first kappa shape index (κ1) is 39.7. The fourth-order valence-electron chi connectivity index (χ4n) is 6.41. The van der Waals surface area contributed by atoms with Gasteiger partial charge in [0.15, 0.2) is 0 Å². The third kappa shape index (κ3) is 13.2. The first-order valence-corrected chi connectivity index (χ1v) is 19.7. The van der Waals surface area contributed by atoms with Gasteiger partial charge in [0.05, 0.1) is 18.1 Å². The molecule has 0 N–H and O–H groups in total. The Bertz CT molecular complexity index is 1600. The van der Waals surface area contributed by atoms with Gasteiger partial charge in [0, 0.05) is 0 Å². The van der Waals surface area contributed by atoms with Crippen molar-refractivity contribution in [3.8, 4) is 22.6 Å². The molecule has 5 heteroatoms. The number of esters is 2. The molecule has 0 aliphatic heterocycles. The van der Waals surface area contributed by atoms with Gasteiger partial charge in [0.25, 0.3) is 0 Å². The van der Waals surface area contributed by atoms with Crippen LogP contribution < -0.4 is 9.47 Å². The van der Waals surface area contributed by atoms with Crippen LogP contribution in [0.2, 0.25) is 0 Å². The van der Waals surface area contributed by atoms with E-state index in [1.54, 1.807) is 18.2 Å². The Morgan fingerprint density at radius 3 is 1.73 bits per heavy atom. The van der Waals surface area contributed by atoms with Crippen molar-refractivity contribution in [3.63, 3.8) is 0 Å². The lowest BCUT2D eigenvalue weighted by Gasteiger charge is -2.20. The molecule has 0 fully saturated rings. The molecular formula is C46H60O5. The van der Waals surface area contributed by atoms with Crippen LogP contribution in [-0.4, -0.2) is 24.6 Å². The van der Waals surface area contributed by atoms with Crippen molar-refractivity contribution in [1.29, 1.82) is 0 Å². The number of hydrogen-bond acceptors (Lipinski definition) is 5. The molecule has 4 aromatic carbocycles. The molecule has 0 bridgehead atoms. The largest absolute Gasteiger partial charge is 0.494 e. The molecule has 0 aliphatic carbocycles. The van der Waals surface area contributed by atoms with Gasteiger partial charge >= 0.3 is 11.9 Å². The lowest BCUT2D eigenvalue weighted by Crippen LogP contribution is -2.22. The van der Waals surface area contributed by atoms with E-state index in [0.29, 0.717) is 11.3 Å². The molecule has 0 aliphatic rings. The first-order chi connectivity index (χ1) is 24.9. The Hall–Kier alpha value is -4.12. The van der Waals surface area contributed by atoms with Gasteiger partial charge in [0.2, 0.25) is 0 Å². The highest BCUT2D eigenvalue weighted by Gasteiger charge is 2.21. The van der Waals surface area contributed by atoms with Crippen LogP contribution in [0.25, 0.3) is 21.9 Å². The molecule has 0 spiro atoms. The number of fused-ring (bicyclic) bond motifs is 1. The summed E-state index contributed by atoms with van der Waals surface area (Å²) in [6.45, 7) is 9.24. The molecule has 0 unspecified atom stereocenters. The van der Waals surface area contributed by atoms with Gasteiger partial charge in [-0.3, -0.25) is 4.79 Å². The molecule has 4 rings (SSSR count). The Labute approximate surface area is 307 Å². The van der Waals surface area contributed by atoms with E-state index in [-0.39, 0.29) is 18.0 Å². The maximum absolute atomic E-state index is 13.1. The number of benzene rings is 4. The van der Waals surface area contributed by atoms with Gasteiger partial charge in [-0.25, -0.2) is 4.79 Å². The fraction of sp³-hybridized carbons (Fsp3) is 0.478. The molecule has 51 heavy (non-hydrogen) atoms. The van der Waals surface area contributed by atoms with Crippen LogP contribution >= 0.6 is 0 Å². The highest BCUT2D eigenvalue weighted by molar-refractivity contribution is 5.93. The summed E-state index contributed by atoms with van der Waals surface area (Å²) in [6, 6.07) is 27.2. The summed E-state index contributed by atoms with van der Waals surface area (Å²) in [5.41, 5.74) is 3.49. The van der Waals surface area contributed by atoms with Gasteiger partial charge in [-0.15, -0.1) is 0 Å². The maximum Gasteiger partial charge on any atom is 0.343 e. The molecule has 0 amide bonds. The van der Waals surface area contributed by atoms with Gasteiger partial charge in [-0.2, -0.15) is 0 Å². The van der Waals surface area contributed by atoms with E-state index in [1.807, 2.05) is 61.5 Å². The summed E-state index contributed by atoms with van der Waals surface area (Å²) >= 11 is 0. The lowest BCUT2D eigenvalue weighted by molar-refractivity contribution is -0.151. The molecule has 0 aromatic heterocycles. The van der Waals surface area contributed by atoms with Crippen LogP contribution in [0.5, 0.6) is 11.5 Å². The number of carbonyl (C=O) groups is 2. The average molecular weight is 693 g/mol. The summed E-state index contributed by atoms with van der Waals surface area (Å²) in [5, 5.41) is 1.91. The van der Waals surface area contributed by atoms with E-state index < -0.39 is 5.97 Å². The minimum atomic E-state index is -0.408. The zero-order chi connectivity index (χ0) is 36.3. The zero-order valence-electron chi connectivity index (χ0n) is 31.6. The average Bonchev–Trinajstić information content (AvgIpc) is 3.16. The van der Waals surface area contributed by atoms with E-state index >= 15 is 0 Å². The number of carbonyl (C=O) groups excluding carboxylic acids is 2. The van der Waals surface area contributed by atoms with Crippen LogP contribution in [0.4, 0.5) is 0 Å². The Morgan fingerprint density at radius 1 is 0.569 bits per heavy atom. The first-order valence-electron chi connectivity index (χ1n) is 19.7. The van der Waals surface area contributed by atoms with E-state index in [4.69, 9.17) is 14.2 Å². The minimum absolute atomic E-state index is 0.0145. The molecule has 274 valence electrons. The lowest BCUT2D eigenvalue weighted by atomic mass is 9.97. The van der Waals surface area contributed by atoms with Crippen LogP contribution in [0.3, 0.4) is 0 Å². The fourth-order valence-corrected chi connectivity index (χ4v) is 6.41. The van der Waals surface area contributed by atoms with Crippen molar-refractivity contribution >= 4 is 22.7 Å². The van der Waals surface area contributed by atoms with Crippen molar-refractivity contribution < 1.29 is 23.8 Å². The topological polar surface area (TPSA) is 61.8 Å². The van der Waals surface area contributed by atoms with Gasteiger partial charge in [-0.1, -0.05) is 146 Å². The van der Waals surface area contributed by atoms with Crippen molar-refractivity contribution in [2.24, 2.45) is 0 Å². The third-order valence-corrected chi connectivity index (χ3v) is 9.77. The van der Waals surface area contributed by atoms with Gasteiger partial charge in [-0.05, 0) is 90.0 Å². The SMILES string of the molecule is CCCCCCCCCCCOc1ccc(-c2ccc(C(=O)Oc3ccc4cc([C@H](C)C(=O)OC(CCCC)CCCC)ccc4c3)cc2)cc1. The van der Waals surface area contributed by atoms with E-state index in [1.165, 1.54) is 51.4 Å². The summed E-state index contributed by atoms with van der Waals surface area (Å²) in [7, 11) is 0. The highest BCUT2D eigenvalue weighted by Crippen LogP contribution is 2.28. The summed E-state index contributed by atoms with van der Waals surface area (Å²) in [4.78, 5) is 26.1. The molecular weight excluding hydrogens is 633 g/mol. The Kier molecular flexibility index (Phi) is 17.1. The Balaban J connectivity index is 1.25. The van der Waals surface area contributed by atoms with Crippen LogP contribution in [0.15, 0.2) is 84.9 Å². The van der Waals surface area contributed by atoms with Crippen molar-refractivity contribution in [1.82, 2.24) is 0 Å². The standard InChI is InChI=1S/C46H60O5/c1-5-8-11-12-13-14-15-16-17-32-49-42-29-26-37(27-30-42)36-20-22-38(23-21-36)46(48)51-44-31-28-40-33-39(24-25-41(40)34-44)35(4)45(47)50-43(18-9-6-2)19-10-7-3/h20-31,33-35,43H,5-19,32H2,1-4H3/t35-/m0/s1. The van der Waals surface area contributed by atoms with Gasteiger partial charge < -0.3 is 14.2 Å². The van der Waals surface area contributed by atoms with Crippen molar-refractivity contribution in [2.75, 3.05) is 6.61 Å². The van der Waals surface area contributed by atoms with E-state index in [9.17, 15) is 9.59 Å². The quantitative estimate of drug-likeness (QED) is 0.0440. The summed E-state index contributed by atoms with van der Waals surface area (Å²) in [5.74, 6) is 0.421. The Morgan fingerprint density at radius 2 is 1.10 bits per heavy atom. The molecule has 1 atom stereocenters. The van der Waals surface area contributed by atoms with Crippen molar-refractivity contribution in [2.45, 2.75) is 136 Å². The molecule has 5 nitrogen and oxygen atoms in total. The third-order valence-electron chi connectivity index (χ3n) is 9.77. The van der Waals surface area contributed by atoms with E-state index in [2.05, 4.69) is 32.9 Å². The van der Waals surface area contributed by atoms with Crippen molar-refractivity contribution in [3.05, 3.63) is 96.1 Å². The predicted molar refractivity (Wildman–Crippen MR) is 211 cm³/mol. The molecule has 0 saturated carbocycles. The predicted octanol–water partition coefficient (Wildman–Crippen LogP) is 13.0. The molecule has 0 radical (unpaired) electrons. The molecule has 0 saturated heterocycles. The molecule has 0 heterocycles. The molecule has 4 aromatic rings. The number of rotatable bonds is 23. The van der Waals surface area contributed by atoms with Crippen LogP contribution in [0.1, 0.15) is 146 Å². The second-order valence-corrected chi connectivity index (χ2v) is 14.0. The smallest absolute Gasteiger partial charge is 0.343 e. The van der Waals surface area contributed by atoms with Gasteiger partial charge in [0.1, 0.15) is 17.6 Å². The van der Waals surface area contributed by atoms with E-state index in [0.717, 1.165) is 84.8 Å². The summed E-state index contributed by atoms with van der Waals surface area (Å²) in [6.07, 6.45) is 17.8.